The van der Waals surface area contributed by atoms with E-state index in [9.17, 15) is 18.0 Å². The molecule has 1 saturated carbocycles. The number of nitrogens with zero attached hydrogens (tertiary/aromatic N) is 1. The van der Waals surface area contributed by atoms with E-state index in [0.717, 1.165) is 32.1 Å². The zero-order valence-electron chi connectivity index (χ0n) is 18.3. The highest BCUT2D eigenvalue weighted by Crippen LogP contribution is 2.28. The molecule has 0 spiro atoms. The molecule has 1 heterocycles. The lowest BCUT2D eigenvalue weighted by molar-refractivity contribution is -0.151. The van der Waals surface area contributed by atoms with Gasteiger partial charge in [-0.2, -0.15) is 0 Å². The number of carbonyl (C=O) groups excluding carboxylic acids is 2. The average Bonchev–Trinajstić information content (AvgIpc) is 2.78. The van der Waals surface area contributed by atoms with Gasteiger partial charge in [0.15, 0.2) is 6.61 Å². The first-order valence-electron chi connectivity index (χ1n) is 11.2. The predicted molar refractivity (Wildman–Crippen MR) is 120 cm³/mol. The summed E-state index contributed by atoms with van der Waals surface area (Å²) in [5.41, 5.74) is 0. The van der Waals surface area contributed by atoms with Gasteiger partial charge in [0.05, 0.1) is 22.4 Å². The van der Waals surface area contributed by atoms with Crippen molar-refractivity contribution in [3.05, 3.63) is 23.2 Å². The number of ether oxygens (including phenoxy) is 2. The lowest BCUT2D eigenvalue weighted by atomic mass is 9.96. The van der Waals surface area contributed by atoms with Crippen LogP contribution in [0.15, 0.2) is 23.1 Å². The van der Waals surface area contributed by atoms with E-state index in [-0.39, 0.29) is 46.1 Å². The van der Waals surface area contributed by atoms with Gasteiger partial charge in [-0.3, -0.25) is 9.59 Å². The Balaban J connectivity index is 1.51. The standard InChI is InChI=1S/C22H31ClN2O6S/c1-2-30-22(27)16-10-12-25(13-11-16)21(26)15-31-20-9-8-18(14-19(20)23)32(28,29)24-17-6-4-3-5-7-17/h8-9,14,16-17,24H,2-7,10-13,15H2,1H3. The number of halogens is 1. The Labute approximate surface area is 194 Å². The molecule has 1 aliphatic heterocycles. The van der Waals surface area contributed by atoms with E-state index < -0.39 is 10.0 Å². The quantitative estimate of drug-likeness (QED) is 0.566. The molecule has 1 aromatic carbocycles. The molecule has 178 valence electrons. The van der Waals surface area contributed by atoms with Crippen molar-refractivity contribution in [3.8, 4) is 5.75 Å². The van der Waals surface area contributed by atoms with Crippen LogP contribution in [0.3, 0.4) is 0 Å². The summed E-state index contributed by atoms with van der Waals surface area (Å²) in [6.45, 7) is 2.83. The predicted octanol–water partition coefficient (Wildman–Crippen LogP) is 3.13. The molecule has 0 atom stereocenters. The fourth-order valence-electron chi connectivity index (χ4n) is 4.13. The normalized spacial score (nSPS) is 18.4. The van der Waals surface area contributed by atoms with Gasteiger partial charge in [0.25, 0.3) is 5.91 Å². The average molecular weight is 487 g/mol. The summed E-state index contributed by atoms with van der Waals surface area (Å²) in [7, 11) is -3.67. The van der Waals surface area contributed by atoms with Crippen molar-refractivity contribution in [3.63, 3.8) is 0 Å². The van der Waals surface area contributed by atoms with Gasteiger partial charge in [0.1, 0.15) is 5.75 Å². The Morgan fingerprint density at radius 1 is 1.12 bits per heavy atom. The summed E-state index contributed by atoms with van der Waals surface area (Å²) in [5, 5.41) is 0.130. The van der Waals surface area contributed by atoms with Crippen LogP contribution in [0.4, 0.5) is 0 Å². The van der Waals surface area contributed by atoms with Crippen LogP contribution < -0.4 is 9.46 Å². The summed E-state index contributed by atoms with van der Waals surface area (Å²) < 4.78 is 38.6. The fourth-order valence-corrected chi connectivity index (χ4v) is 5.76. The minimum Gasteiger partial charge on any atom is -0.482 e. The van der Waals surface area contributed by atoms with E-state index >= 15 is 0 Å². The minimum atomic E-state index is -3.67. The number of hydrogen-bond acceptors (Lipinski definition) is 6. The Morgan fingerprint density at radius 2 is 1.81 bits per heavy atom. The van der Waals surface area contributed by atoms with Crippen LogP contribution in [0.5, 0.6) is 5.75 Å². The Bertz CT molecular complexity index is 909. The molecular weight excluding hydrogens is 456 g/mol. The largest absolute Gasteiger partial charge is 0.482 e. The van der Waals surface area contributed by atoms with Crippen molar-refractivity contribution in [1.29, 1.82) is 0 Å². The molecule has 1 aromatic rings. The number of benzene rings is 1. The lowest BCUT2D eigenvalue weighted by Gasteiger charge is -2.30. The molecular formula is C22H31ClN2O6S. The number of likely N-dealkylation sites (tertiary alicyclic amines) is 1. The van der Waals surface area contributed by atoms with Crippen LogP contribution in [0.2, 0.25) is 5.02 Å². The monoisotopic (exact) mass is 486 g/mol. The molecule has 0 bridgehead atoms. The van der Waals surface area contributed by atoms with Gasteiger partial charge in [-0.05, 0) is 50.8 Å². The molecule has 1 saturated heterocycles. The van der Waals surface area contributed by atoms with E-state index in [1.165, 1.54) is 18.2 Å². The van der Waals surface area contributed by atoms with E-state index in [0.29, 0.717) is 32.5 Å². The smallest absolute Gasteiger partial charge is 0.309 e. The zero-order valence-corrected chi connectivity index (χ0v) is 19.9. The van der Waals surface area contributed by atoms with Gasteiger partial charge in [0.2, 0.25) is 10.0 Å². The summed E-state index contributed by atoms with van der Waals surface area (Å²) in [4.78, 5) is 26.0. The van der Waals surface area contributed by atoms with Crippen molar-refractivity contribution in [2.24, 2.45) is 5.92 Å². The number of nitrogens with one attached hydrogen (secondary N) is 1. The van der Waals surface area contributed by atoms with Crippen LogP contribution in [-0.4, -0.2) is 57.5 Å². The molecule has 3 rings (SSSR count). The van der Waals surface area contributed by atoms with Gasteiger partial charge < -0.3 is 14.4 Å². The molecule has 2 fully saturated rings. The maximum Gasteiger partial charge on any atom is 0.309 e. The van der Waals surface area contributed by atoms with Gasteiger partial charge >= 0.3 is 5.97 Å². The fraction of sp³-hybridized carbons (Fsp3) is 0.636. The summed E-state index contributed by atoms with van der Waals surface area (Å²) in [5.74, 6) is -0.348. The van der Waals surface area contributed by atoms with Crippen LogP contribution in [0.1, 0.15) is 51.9 Å². The van der Waals surface area contributed by atoms with E-state index in [1.54, 1.807) is 11.8 Å². The van der Waals surface area contributed by atoms with Crippen LogP contribution >= 0.6 is 11.6 Å². The summed E-state index contributed by atoms with van der Waals surface area (Å²) in [6.07, 6.45) is 5.99. The highest BCUT2D eigenvalue weighted by molar-refractivity contribution is 7.89. The molecule has 2 aliphatic rings. The molecule has 10 heteroatoms. The lowest BCUT2D eigenvalue weighted by Crippen LogP contribution is -2.42. The maximum atomic E-state index is 12.6. The SMILES string of the molecule is CCOC(=O)C1CCN(C(=O)COc2ccc(S(=O)(=O)NC3CCCCC3)cc2Cl)CC1. The van der Waals surface area contributed by atoms with Gasteiger partial charge in [-0.25, -0.2) is 13.1 Å². The number of hydrogen-bond donors (Lipinski definition) is 1. The maximum absolute atomic E-state index is 12.6. The number of piperidine rings is 1. The Kier molecular flexibility index (Phi) is 8.79. The topological polar surface area (TPSA) is 102 Å². The zero-order chi connectivity index (χ0) is 23.1. The van der Waals surface area contributed by atoms with Crippen molar-refractivity contribution in [1.82, 2.24) is 9.62 Å². The summed E-state index contributed by atoms with van der Waals surface area (Å²) in [6, 6.07) is 4.20. The highest BCUT2D eigenvalue weighted by atomic mass is 35.5. The first-order valence-corrected chi connectivity index (χ1v) is 13.1. The third kappa shape index (κ3) is 6.59. The van der Waals surface area contributed by atoms with Crippen molar-refractivity contribution in [2.45, 2.75) is 62.8 Å². The van der Waals surface area contributed by atoms with Crippen LogP contribution in [-0.2, 0) is 24.3 Å². The molecule has 1 amide bonds. The Hall–Kier alpha value is -1.84. The third-order valence-corrected chi connectivity index (χ3v) is 7.77. The van der Waals surface area contributed by atoms with Crippen molar-refractivity contribution >= 4 is 33.5 Å². The third-order valence-electron chi connectivity index (χ3n) is 5.96. The van der Waals surface area contributed by atoms with Gasteiger partial charge in [0, 0.05) is 19.1 Å². The molecule has 0 unspecified atom stereocenters. The molecule has 0 aromatic heterocycles. The minimum absolute atomic E-state index is 0.0472. The van der Waals surface area contributed by atoms with Crippen molar-refractivity contribution < 1.29 is 27.5 Å². The van der Waals surface area contributed by atoms with E-state index in [1.807, 2.05) is 0 Å². The second kappa shape index (κ2) is 11.3. The first-order chi connectivity index (χ1) is 15.3. The number of sulfonamides is 1. The van der Waals surface area contributed by atoms with E-state index in [4.69, 9.17) is 21.1 Å². The molecule has 0 radical (unpaired) electrons. The van der Waals surface area contributed by atoms with Crippen LogP contribution in [0, 0.1) is 5.92 Å². The summed E-state index contributed by atoms with van der Waals surface area (Å²) >= 11 is 6.24. The molecule has 1 N–H and O–H groups in total. The van der Waals surface area contributed by atoms with Crippen LogP contribution in [0.25, 0.3) is 0 Å². The molecule has 1 aliphatic carbocycles. The number of rotatable bonds is 8. The van der Waals surface area contributed by atoms with Gasteiger partial charge in [-0.15, -0.1) is 0 Å². The highest BCUT2D eigenvalue weighted by Gasteiger charge is 2.28. The van der Waals surface area contributed by atoms with Crippen molar-refractivity contribution in [2.75, 3.05) is 26.3 Å². The first kappa shape index (κ1) is 24.8. The van der Waals surface area contributed by atoms with E-state index in [2.05, 4.69) is 4.72 Å². The second-order valence-corrected chi connectivity index (χ2v) is 10.4. The molecule has 32 heavy (non-hydrogen) atoms. The van der Waals surface area contributed by atoms with Gasteiger partial charge in [-0.1, -0.05) is 30.9 Å². The second-order valence-electron chi connectivity index (χ2n) is 8.24. The molecule has 8 nitrogen and oxygen atoms in total. The number of carbonyl (C=O) groups is 2. The Morgan fingerprint density at radius 3 is 2.44 bits per heavy atom. The number of amides is 1. The number of esters is 1.